The van der Waals surface area contributed by atoms with Gasteiger partial charge in [0.1, 0.15) is 0 Å². The van der Waals surface area contributed by atoms with Crippen LogP contribution in [0.15, 0.2) is 0 Å². The SMILES string of the molecule is [Cr].[Mn+2].[O-2].[Zn]. The fourth-order valence-electron chi connectivity index (χ4n) is 0. The zero-order valence-electron chi connectivity index (χ0n) is 1.90. The van der Waals surface area contributed by atoms with Crippen molar-refractivity contribution in [3.8, 4) is 0 Å². The van der Waals surface area contributed by atoms with Gasteiger partial charge < -0.3 is 5.48 Å². The molecule has 0 aliphatic carbocycles. The number of rotatable bonds is 0. The molecule has 0 saturated heterocycles. The summed E-state index contributed by atoms with van der Waals surface area (Å²) in [4.78, 5) is 0. The Morgan fingerprint density at radius 2 is 1.00 bits per heavy atom. The molecule has 0 bridgehead atoms. The summed E-state index contributed by atoms with van der Waals surface area (Å²) in [6.07, 6.45) is 0. The van der Waals surface area contributed by atoms with Crippen molar-refractivity contribution in [1.82, 2.24) is 0 Å². The average Bonchev–Trinajstić information content (AvgIpc) is 0. The summed E-state index contributed by atoms with van der Waals surface area (Å²) >= 11 is 0. The molecule has 0 spiro atoms. The van der Waals surface area contributed by atoms with E-state index in [2.05, 4.69) is 0 Å². The van der Waals surface area contributed by atoms with Crippen molar-refractivity contribution in [3.05, 3.63) is 0 Å². The molecule has 0 amide bonds. The summed E-state index contributed by atoms with van der Waals surface area (Å²) in [5, 5.41) is 0. The van der Waals surface area contributed by atoms with Crippen LogP contribution in [0.4, 0.5) is 0 Å². The van der Waals surface area contributed by atoms with E-state index in [0.717, 1.165) is 0 Å². The van der Waals surface area contributed by atoms with E-state index in [1.165, 1.54) is 0 Å². The Labute approximate surface area is 59.2 Å². The summed E-state index contributed by atoms with van der Waals surface area (Å²) in [6.45, 7) is 0. The van der Waals surface area contributed by atoms with Gasteiger partial charge in [-0.25, -0.2) is 0 Å². The van der Waals surface area contributed by atoms with E-state index in [9.17, 15) is 0 Å². The second kappa shape index (κ2) is 22.9. The molecule has 0 aromatic carbocycles. The normalized spacial score (nSPS) is 0. The van der Waals surface area contributed by atoms with Crippen molar-refractivity contribution in [2.45, 2.75) is 0 Å². The van der Waals surface area contributed by atoms with Gasteiger partial charge in [-0.1, -0.05) is 0 Å². The van der Waals surface area contributed by atoms with Gasteiger partial charge in [0.05, 0.1) is 0 Å². The Morgan fingerprint density at radius 3 is 1.00 bits per heavy atom. The smallest absolute Gasteiger partial charge is 2.00 e. The van der Waals surface area contributed by atoms with Crippen LogP contribution in [0.25, 0.3) is 0 Å². The molecular formula is CrMnOZn. The van der Waals surface area contributed by atoms with Crippen molar-refractivity contribution in [1.29, 1.82) is 0 Å². The summed E-state index contributed by atoms with van der Waals surface area (Å²) in [7, 11) is 0. The van der Waals surface area contributed by atoms with Gasteiger partial charge in [0, 0.05) is 36.8 Å². The maximum absolute atomic E-state index is 0. The standard InChI is InChI=1S/Cr.Mn.O.Zn/q;+2;-2;. The quantitative estimate of drug-likeness (QED) is 0.474. The summed E-state index contributed by atoms with van der Waals surface area (Å²) in [6, 6.07) is 0. The van der Waals surface area contributed by atoms with E-state index >= 15 is 0 Å². The van der Waals surface area contributed by atoms with Crippen molar-refractivity contribution >= 4 is 0 Å². The third-order valence-corrected chi connectivity index (χ3v) is 0. The first-order valence-electron chi connectivity index (χ1n) is 0. The molecule has 0 aliphatic heterocycles. The fourth-order valence-corrected chi connectivity index (χ4v) is 0. The predicted octanol–water partition coefficient (Wildman–Crippen LogP) is -0.126. The van der Waals surface area contributed by atoms with E-state index < -0.39 is 0 Å². The summed E-state index contributed by atoms with van der Waals surface area (Å²) < 4.78 is 0. The van der Waals surface area contributed by atoms with E-state index in [0.29, 0.717) is 0 Å². The minimum absolute atomic E-state index is 0. The molecule has 0 atom stereocenters. The van der Waals surface area contributed by atoms with Gasteiger partial charge in [-0.05, 0) is 0 Å². The van der Waals surface area contributed by atoms with Gasteiger partial charge in [-0.2, -0.15) is 0 Å². The minimum atomic E-state index is 0. The van der Waals surface area contributed by atoms with Crippen molar-refractivity contribution < 1.29 is 59.4 Å². The van der Waals surface area contributed by atoms with Crippen molar-refractivity contribution in [3.63, 3.8) is 0 Å². The molecule has 0 heterocycles. The molecule has 0 N–H and O–H groups in total. The number of hydrogen-bond donors (Lipinski definition) is 0. The molecule has 0 fully saturated rings. The van der Waals surface area contributed by atoms with Crippen LogP contribution in [-0.4, -0.2) is 0 Å². The first-order chi connectivity index (χ1) is 0. The van der Waals surface area contributed by atoms with E-state index in [4.69, 9.17) is 0 Å². The summed E-state index contributed by atoms with van der Waals surface area (Å²) in [5.74, 6) is 0. The van der Waals surface area contributed by atoms with Crippen LogP contribution < -0.4 is 0 Å². The van der Waals surface area contributed by atoms with Gasteiger partial charge >= 0.3 is 17.1 Å². The third kappa shape index (κ3) is 9.44. The van der Waals surface area contributed by atoms with Crippen LogP contribution in [0.3, 0.4) is 0 Å². The Hall–Kier alpha value is 1.64. The monoisotopic (exact) mass is 187 g/mol. The zero-order chi connectivity index (χ0) is 0. The van der Waals surface area contributed by atoms with Gasteiger partial charge in [-0.3, -0.25) is 0 Å². The predicted molar refractivity (Wildman–Crippen MR) is 0.686 cm³/mol. The number of hydrogen-bond acceptors (Lipinski definition) is 0. The van der Waals surface area contributed by atoms with Gasteiger partial charge in [0.15, 0.2) is 0 Å². The molecule has 0 aliphatic rings. The topological polar surface area (TPSA) is 28.5 Å². The second-order valence-corrected chi connectivity index (χ2v) is 0. The van der Waals surface area contributed by atoms with Gasteiger partial charge in [-0.15, -0.1) is 0 Å². The van der Waals surface area contributed by atoms with Crippen molar-refractivity contribution in [2.24, 2.45) is 0 Å². The third-order valence-electron chi connectivity index (χ3n) is 0. The van der Waals surface area contributed by atoms with E-state index in [1.807, 2.05) is 0 Å². The van der Waals surface area contributed by atoms with Gasteiger partial charge in [0.25, 0.3) is 0 Å². The van der Waals surface area contributed by atoms with E-state index in [1.54, 1.807) is 0 Å². The van der Waals surface area contributed by atoms with E-state index in [-0.39, 0.29) is 59.4 Å². The summed E-state index contributed by atoms with van der Waals surface area (Å²) in [5.41, 5.74) is 0. The van der Waals surface area contributed by atoms with Crippen LogP contribution in [0, 0.1) is 0 Å². The Balaban J connectivity index is 0. The van der Waals surface area contributed by atoms with Crippen molar-refractivity contribution in [2.75, 3.05) is 0 Å². The molecule has 1 radical (unpaired) electrons. The average molecular weight is 188 g/mol. The van der Waals surface area contributed by atoms with Crippen LogP contribution in [-0.2, 0) is 59.4 Å². The molecule has 0 aromatic heterocycles. The molecule has 0 rings (SSSR count). The first kappa shape index (κ1) is 45.3. The van der Waals surface area contributed by atoms with Crippen LogP contribution in [0.2, 0.25) is 0 Å². The largest absolute Gasteiger partial charge is 2.00 e. The Kier molecular flexibility index (Phi) is 259. The van der Waals surface area contributed by atoms with Gasteiger partial charge in [0.2, 0.25) is 0 Å². The van der Waals surface area contributed by atoms with Crippen LogP contribution >= 0.6 is 0 Å². The molecule has 0 unspecified atom stereocenters. The maximum Gasteiger partial charge on any atom is 2.00 e. The fraction of sp³-hybridized carbons (Fsp3) is 0. The molecule has 4 heavy (non-hydrogen) atoms. The molecule has 0 saturated carbocycles. The minimum Gasteiger partial charge on any atom is -2.00 e. The Morgan fingerprint density at radius 1 is 1.00 bits per heavy atom. The molecule has 1 nitrogen and oxygen atoms in total. The zero-order valence-corrected chi connectivity index (χ0v) is 7.32. The molecule has 4 heteroatoms. The second-order valence-electron chi connectivity index (χ2n) is 0. The maximum atomic E-state index is 0. The van der Waals surface area contributed by atoms with Crippen LogP contribution in [0.1, 0.15) is 0 Å². The Bertz CT molecular complexity index is 8.00. The van der Waals surface area contributed by atoms with Crippen LogP contribution in [0.5, 0.6) is 0 Å². The molecule has 21 valence electrons. The molecule has 0 aromatic rings. The first-order valence-corrected chi connectivity index (χ1v) is 0. The molecular weight excluding hydrogens is 188 g/mol.